The Balaban J connectivity index is 0. The molecule has 0 aliphatic heterocycles. The molecule has 1 amide bonds. The Kier molecular flexibility index (Phi) is 11.6. The van der Waals surface area contributed by atoms with Gasteiger partial charge in [-0.1, -0.05) is 27.7 Å². The molecule has 0 unspecified atom stereocenters. The number of rotatable bonds is 8. The molecule has 0 aromatic rings. The van der Waals surface area contributed by atoms with Crippen molar-refractivity contribution >= 4 is 24.3 Å². The van der Waals surface area contributed by atoms with E-state index in [1.807, 2.05) is 27.7 Å². The number of esters is 1. The van der Waals surface area contributed by atoms with Crippen LogP contribution in [0.2, 0.25) is 0 Å². The van der Waals surface area contributed by atoms with Gasteiger partial charge < -0.3 is 15.8 Å². The fraction of sp³-hybridized carbons (Fsp3) is 0.867. The summed E-state index contributed by atoms with van der Waals surface area (Å²) in [5.74, 6) is -0.0629. The molecule has 0 aromatic heterocycles. The third-order valence-corrected chi connectivity index (χ3v) is 2.72. The summed E-state index contributed by atoms with van der Waals surface area (Å²) >= 11 is 0. The zero-order chi connectivity index (χ0) is 15.9. The van der Waals surface area contributed by atoms with Crippen LogP contribution in [0, 0.1) is 11.8 Å². The minimum absolute atomic E-state index is 0. The van der Waals surface area contributed by atoms with Gasteiger partial charge in [-0.2, -0.15) is 0 Å². The molecular weight excluding hydrogens is 292 g/mol. The molecule has 0 saturated carbocycles. The Bertz CT molecular complexity index is 320. The second kappa shape index (κ2) is 10.9. The zero-order valence-corrected chi connectivity index (χ0v) is 14.8. The number of ether oxygens (including phenoxy) is 1. The monoisotopic (exact) mass is 322 g/mol. The van der Waals surface area contributed by atoms with E-state index in [0.29, 0.717) is 18.8 Å². The number of hydrogen-bond donors (Lipinski definition) is 2. The normalized spacial score (nSPS) is 13.8. The first kappa shape index (κ1) is 22.5. The molecule has 6 heteroatoms. The first-order chi connectivity index (χ1) is 9.13. The molecule has 0 radical (unpaired) electrons. The molecule has 0 fully saturated rings. The van der Waals surface area contributed by atoms with Gasteiger partial charge in [0, 0.05) is 0 Å². The van der Waals surface area contributed by atoms with E-state index in [2.05, 4.69) is 5.32 Å². The Labute approximate surface area is 134 Å². The van der Waals surface area contributed by atoms with E-state index in [9.17, 15) is 9.59 Å². The number of hydrogen-bond acceptors (Lipinski definition) is 4. The molecule has 0 aliphatic carbocycles. The van der Waals surface area contributed by atoms with Crippen molar-refractivity contribution in [1.82, 2.24) is 5.32 Å². The Morgan fingerprint density at radius 3 is 1.86 bits per heavy atom. The maximum atomic E-state index is 12.0. The summed E-state index contributed by atoms with van der Waals surface area (Å²) in [6.45, 7) is 11.6. The van der Waals surface area contributed by atoms with Crippen LogP contribution < -0.4 is 11.1 Å². The highest BCUT2D eigenvalue weighted by Gasteiger charge is 2.26. The van der Waals surface area contributed by atoms with Gasteiger partial charge in [0.15, 0.2) is 0 Å². The van der Waals surface area contributed by atoms with Gasteiger partial charge >= 0.3 is 5.97 Å². The highest BCUT2D eigenvalue weighted by molar-refractivity contribution is 5.87. The van der Waals surface area contributed by atoms with Gasteiger partial charge in [-0.3, -0.25) is 4.79 Å². The van der Waals surface area contributed by atoms with Crippen LogP contribution in [0.5, 0.6) is 0 Å². The number of halogens is 1. The van der Waals surface area contributed by atoms with Crippen molar-refractivity contribution in [2.45, 2.75) is 72.6 Å². The SMILES string of the molecule is CC(C)C[C@H](NC(=O)[C@@H](N)CC(C)C)C(=O)OC(C)C.Cl. The highest BCUT2D eigenvalue weighted by Crippen LogP contribution is 2.09. The van der Waals surface area contributed by atoms with Gasteiger partial charge in [-0.25, -0.2) is 4.79 Å². The maximum absolute atomic E-state index is 12.0. The van der Waals surface area contributed by atoms with E-state index in [1.54, 1.807) is 13.8 Å². The van der Waals surface area contributed by atoms with E-state index in [0.717, 1.165) is 0 Å². The molecule has 0 spiro atoms. The molecule has 3 N–H and O–H groups in total. The third kappa shape index (κ3) is 10.5. The third-order valence-electron chi connectivity index (χ3n) is 2.72. The average molecular weight is 323 g/mol. The summed E-state index contributed by atoms with van der Waals surface area (Å²) in [6, 6.07) is -1.21. The Morgan fingerprint density at radius 2 is 1.48 bits per heavy atom. The predicted molar refractivity (Wildman–Crippen MR) is 87.3 cm³/mol. The maximum Gasteiger partial charge on any atom is 0.328 e. The van der Waals surface area contributed by atoms with Crippen molar-refractivity contribution in [3.63, 3.8) is 0 Å². The number of nitrogens with one attached hydrogen (secondary N) is 1. The molecule has 0 bridgehead atoms. The van der Waals surface area contributed by atoms with Crippen molar-refractivity contribution in [3.8, 4) is 0 Å². The number of carbonyl (C=O) groups excluding carboxylic acids is 2. The second-order valence-corrected chi connectivity index (χ2v) is 6.41. The van der Waals surface area contributed by atoms with E-state index >= 15 is 0 Å². The molecule has 0 saturated heterocycles. The van der Waals surface area contributed by atoms with E-state index in [-0.39, 0.29) is 30.3 Å². The fourth-order valence-electron chi connectivity index (χ4n) is 1.89. The molecule has 0 aromatic carbocycles. The summed E-state index contributed by atoms with van der Waals surface area (Å²) < 4.78 is 5.18. The van der Waals surface area contributed by atoms with E-state index in [4.69, 9.17) is 10.5 Å². The lowest BCUT2D eigenvalue weighted by molar-refractivity contribution is -0.152. The standard InChI is InChI=1S/C15H30N2O3.ClH/c1-9(2)7-12(16)14(18)17-13(8-10(3)4)15(19)20-11(5)6;/h9-13H,7-8,16H2,1-6H3,(H,17,18);1H/t12-,13-;/m0./s1. The second-order valence-electron chi connectivity index (χ2n) is 6.41. The van der Waals surface area contributed by atoms with Gasteiger partial charge in [0.1, 0.15) is 6.04 Å². The first-order valence-corrected chi connectivity index (χ1v) is 7.39. The van der Waals surface area contributed by atoms with Crippen LogP contribution in [0.3, 0.4) is 0 Å². The Morgan fingerprint density at radius 1 is 1.00 bits per heavy atom. The van der Waals surface area contributed by atoms with Crippen LogP contribution in [0.1, 0.15) is 54.4 Å². The lowest BCUT2D eigenvalue weighted by atomic mass is 10.0. The first-order valence-electron chi connectivity index (χ1n) is 7.39. The largest absolute Gasteiger partial charge is 0.461 e. The Hall–Kier alpha value is -0.810. The van der Waals surface area contributed by atoms with Crippen LogP contribution in [0.15, 0.2) is 0 Å². The number of amides is 1. The van der Waals surface area contributed by atoms with Crippen LogP contribution in [0.4, 0.5) is 0 Å². The van der Waals surface area contributed by atoms with Crippen molar-refractivity contribution in [2.75, 3.05) is 0 Å². The molecule has 0 heterocycles. The predicted octanol–water partition coefficient (Wildman–Crippen LogP) is 2.26. The molecular formula is C15H31ClN2O3. The molecule has 2 atom stereocenters. The molecule has 0 aliphatic rings. The minimum atomic E-state index is -0.622. The number of nitrogens with two attached hydrogens (primary N) is 1. The summed E-state index contributed by atoms with van der Waals surface area (Å²) in [7, 11) is 0. The lowest BCUT2D eigenvalue weighted by Crippen LogP contribution is -2.50. The smallest absolute Gasteiger partial charge is 0.328 e. The van der Waals surface area contributed by atoms with Crippen LogP contribution in [-0.2, 0) is 14.3 Å². The van der Waals surface area contributed by atoms with Crippen molar-refractivity contribution in [1.29, 1.82) is 0 Å². The fourth-order valence-corrected chi connectivity index (χ4v) is 1.89. The number of carbonyl (C=O) groups is 2. The quantitative estimate of drug-likeness (QED) is 0.672. The molecule has 0 rings (SSSR count). The minimum Gasteiger partial charge on any atom is -0.461 e. The van der Waals surface area contributed by atoms with E-state index < -0.39 is 18.1 Å². The molecule has 21 heavy (non-hydrogen) atoms. The summed E-state index contributed by atoms with van der Waals surface area (Å²) in [4.78, 5) is 24.0. The zero-order valence-electron chi connectivity index (χ0n) is 14.0. The van der Waals surface area contributed by atoms with E-state index in [1.165, 1.54) is 0 Å². The summed E-state index contributed by atoms with van der Waals surface area (Å²) in [6.07, 6.45) is 0.948. The van der Waals surface area contributed by atoms with Gasteiger partial charge in [-0.15, -0.1) is 12.4 Å². The summed E-state index contributed by atoms with van der Waals surface area (Å²) in [5.41, 5.74) is 5.83. The van der Waals surface area contributed by atoms with Crippen LogP contribution in [-0.4, -0.2) is 30.1 Å². The molecule has 126 valence electrons. The van der Waals surface area contributed by atoms with Gasteiger partial charge in [0.2, 0.25) is 5.91 Å². The van der Waals surface area contributed by atoms with Gasteiger partial charge in [0.25, 0.3) is 0 Å². The van der Waals surface area contributed by atoms with Gasteiger partial charge in [-0.05, 0) is 38.5 Å². The average Bonchev–Trinajstić information content (AvgIpc) is 2.25. The highest BCUT2D eigenvalue weighted by atomic mass is 35.5. The summed E-state index contributed by atoms with van der Waals surface area (Å²) in [5, 5.41) is 2.72. The topological polar surface area (TPSA) is 81.4 Å². The molecule has 5 nitrogen and oxygen atoms in total. The van der Waals surface area contributed by atoms with Crippen LogP contribution >= 0.6 is 12.4 Å². The van der Waals surface area contributed by atoms with Crippen LogP contribution in [0.25, 0.3) is 0 Å². The van der Waals surface area contributed by atoms with Crippen molar-refractivity contribution in [3.05, 3.63) is 0 Å². The van der Waals surface area contributed by atoms with Crippen molar-refractivity contribution in [2.24, 2.45) is 17.6 Å². The van der Waals surface area contributed by atoms with Gasteiger partial charge in [0.05, 0.1) is 12.1 Å². The lowest BCUT2D eigenvalue weighted by Gasteiger charge is -2.23. The van der Waals surface area contributed by atoms with Crippen molar-refractivity contribution < 1.29 is 14.3 Å².